The standard InChI is InChI=1S/C8H14O4.C6H14O3/c1-4-11-8(12-5-2)6(3)7(9)10;1-2-6(3-7,4-8)5-9/h8H,3-5H2,1-2H3,(H,9,10);7-9H,2-5H2,1H3. The molecule has 0 aromatic rings. The normalized spacial score (nSPS) is 11.0. The molecule has 0 saturated carbocycles. The largest absolute Gasteiger partial charge is 0.478 e. The average Bonchev–Trinajstić information content (AvgIpc) is 2.50. The van der Waals surface area contributed by atoms with Crippen LogP contribution in [0, 0.1) is 5.41 Å². The summed E-state index contributed by atoms with van der Waals surface area (Å²) in [5, 5.41) is 34.5. The smallest absolute Gasteiger partial charge is 0.336 e. The molecule has 0 saturated heterocycles. The van der Waals surface area contributed by atoms with Crippen molar-refractivity contribution in [1.29, 1.82) is 0 Å². The van der Waals surface area contributed by atoms with E-state index >= 15 is 0 Å². The van der Waals surface area contributed by atoms with Gasteiger partial charge in [0.15, 0.2) is 6.29 Å². The highest BCUT2D eigenvalue weighted by Gasteiger charge is 2.24. The van der Waals surface area contributed by atoms with E-state index in [9.17, 15) is 4.79 Å². The van der Waals surface area contributed by atoms with Gasteiger partial charge in [0, 0.05) is 18.6 Å². The van der Waals surface area contributed by atoms with Crippen LogP contribution in [0.1, 0.15) is 27.2 Å². The summed E-state index contributed by atoms with van der Waals surface area (Å²) in [7, 11) is 0. The first-order valence-corrected chi connectivity index (χ1v) is 6.85. The van der Waals surface area contributed by atoms with E-state index in [2.05, 4.69) is 6.58 Å². The minimum atomic E-state index is -1.10. The van der Waals surface area contributed by atoms with Gasteiger partial charge in [0.1, 0.15) is 0 Å². The van der Waals surface area contributed by atoms with E-state index in [0.717, 1.165) is 0 Å². The molecule has 0 aliphatic carbocycles. The Morgan fingerprint density at radius 3 is 1.57 bits per heavy atom. The van der Waals surface area contributed by atoms with E-state index in [1.54, 1.807) is 13.8 Å². The number of hydrogen-bond donors (Lipinski definition) is 4. The first kappa shape index (κ1) is 22.3. The van der Waals surface area contributed by atoms with Crippen molar-refractivity contribution < 1.29 is 34.7 Å². The number of carboxylic acids is 1. The van der Waals surface area contributed by atoms with Crippen LogP contribution in [-0.2, 0) is 14.3 Å². The number of carboxylic acid groups (broad SMARTS) is 1. The summed E-state index contributed by atoms with van der Waals surface area (Å²) >= 11 is 0. The van der Waals surface area contributed by atoms with Crippen molar-refractivity contribution in [2.45, 2.75) is 33.5 Å². The van der Waals surface area contributed by atoms with Crippen molar-refractivity contribution >= 4 is 5.97 Å². The molecule has 7 nitrogen and oxygen atoms in total. The Morgan fingerprint density at radius 2 is 1.43 bits per heavy atom. The van der Waals surface area contributed by atoms with Gasteiger partial charge < -0.3 is 29.9 Å². The van der Waals surface area contributed by atoms with Crippen LogP contribution in [0.2, 0.25) is 0 Å². The van der Waals surface area contributed by atoms with Crippen molar-refractivity contribution in [1.82, 2.24) is 0 Å². The highest BCUT2D eigenvalue weighted by Crippen LogP contribution is 2.18. The second kappa shape index (κ2) is 12.7. The number of carbonyl (C=O) groups is 1. The molecule has 0 aromatic heterocycles. The summed E-state index contributed by atoms with van der Waals surface area (Å²) in [5.41, 5.74) is -0.737. The van der Waals surface area contributed by atoms with Crippen LogP contribution in [0.25, 0.3) is 0 Å². The van der Waals surface area contributed by atoms with Crippen molar-refractivity contribution in [3.8, 4) is 0 Å². The van der Waals surface area contributed by atoms with Crippen LogP contribution in [0.3, 0.4) is 0 Å². The average molecular weight is 308 g/mol. The van der Waals surface area contributed by atoms with Gasteiger partial charge in [0.25, 0.3) is 0 Å². The monoisotopic (exact) mass is 308 g/mol. The minimum Gasteiger partial charge on any atom is -0.478 e. The van der Waals surface area contributed by atoms with Crippen LogP contribution in [0.15, 0.2) is 12.2 Å². The second-order valence-corrected chi connectivity index (χ2v) is 4.40. The molecule has 0 fully saturated rings. The van der Waals surface area contributed by atoms with Gasteiger partial charge in [-0.15, -0.1) is 0 Å². The van der Waals surface area contributed by atoms with Crippen molar-refractivity contribution in [3.05, 3.63) is 12.2 Å². The van der Waals surface area contributed by atoms with Gasteiger partial charge in [-0.3, -0.25) is 0 Å². The lowest BCUT2D eigenvalue weighted by Gasteiger charge is -2.24. The molecule has 4 N–H and O–H groups in total. The lowest BCUT2D eigenvalue weighted by molar-refractivity contribution is -0.145. The third-order valence-corrected chi connectivity index (χ3v) is 2.95. The highest BCUT2D eigenvalue weighted by atomic mass is 16.7. The van der Waals surface area contributed by atoms with Gasteiger partial charge in [-0.2, -0.15) is 0 Å². The molecule has 0 spiro atoms. The van der Waals surface area contributed by atoms with E-state index < -0.39 is 17.7 Å². The molecule has 0 aromatic carbocycles. The number of hydrogen-bond acceptors (Lipinski definition) is 6. The number of rotatable bonds is 10. The maximum absolute atomic E-state index is 10.4. The van der Waals surface area contributed by atoms with Gasteiger partial charge in [0.2, 0.25) is 0 Å². The first-order valence-electron chi connectivity index (χ1n) is 6.85. The summed E-state index contributed by atoms with van der Waals surface area (Å²) in [6.45, 7) is 9.03. The van der Waals surface area contributed by atoms with Gasteiger partial charge in [-0.1, -0.05) is 13.5 Å². The van der Waals surface area contributed by atoms with Crippen molar-refractivity contribution in [2.75, 3.05) is 33.0 Å². The van der Waals surface area contributed by atoms with Crippen LogP contribution < -0.4 is 0 Å². The van der Waals surface area contributed by atoms with Crippen molar-refractivity contribution in [2.24, 2.45) is 5.41 Å². The lowest BCUT2D eigenvalue weighted by atomic mass is 9.88. The molecule has 7 heteroatoms. The molecule has 0 aliphatic heterocycles. The fraction of sp³-hybridized carbons (Fsp3) is 0.786. The van der Waals surface area contributed by atoms with Gasteiger partial charge in [-0.25, -0.2) is 4.79 Å². The topological polar surface area (TPSA) is 116 Å². The molecule has 0 rings (SSSR count). The fourth-order valence-electron chi connectivity index (χ4n) is 1.14. The summed E-state index contributed by atoms with van der Waals surface area (Å²) < 4.78 is 10.0. The molecule has 0 atom stereocenters. The SMILES string of the molecule is C=C(C(=O)O)C(OCC)OCC.CCC(CO)(CO)CO. The Kier molecular flexibility index (Phi) is 13.5. The third kappa shape index (κ3) is 8.79. The Labute approximate surface area is 125 Å². The predicted octanol–water partition coefficient (Wildman–Crippen LogP) is 0.386. The van der Waals surface area contributed by atoms with Gasteiger partial charge in [-0.05, 0) is 20.3 Å². The molecule has 0 bridgehead atoms. The fourth-order valence-corrected chi connectivity index (χ4v) is 1.14. The number of aliphatic carboxylic acids is 1. The molecule has 126 valence electrons. The van der Waals surface area contributed by atoms with Crippen LogP contribution >= 0.6 is 0 Å². The summed E-state index contributed by atoms with van der Waals surface area (Å²) in [6, 6.07) is 0. The minimum absolute atomic E-state index is 0.0706. The maximum Gasteiger partial charge on any atom is 0.336 e. The van der Waals surface area contributed by atoms with E-state index in [0.29, 0.717) is 19.6 Å². The van der Waals surface area contributed by atoms with Crippen LogP contribution in [0.4, 0.5) is 0 Å². The molecule has 21 heavy (non-hydrogen) atoms. The van der Waals surface area contributed by atoms with Gasteiger partial charge >= 0.3 is 5.97 Å². The molecule has 0 radical (unpaired) electrons. The molecule has 0 heterocycles. The Morgan fingerprint density at radius 1 is 1.05 bits per heavy atom. The zero-order valence-electron chi connectivity index (χ0n) is 13.0. The third-order valence-electron chi connectivity index (χ3n) is 2.95. The molecular weight excluding hydrogens is 280 g/mol. The van der Waals surface area contributed by atoms with E-state index in [1.807, 2.05) is 6.92 Å². The zero-order valence-corrected chi connectivity index (χ0v) is 13.0. The molecule has 0 aliphatic rings. The Balaban J connectivity index is 0. The first-order chi connectivity index (χ1) is 9.87. The van der Waals surface area contributed by atoms with E-state index in [1.165, 1.54) is 0 Å². The van der Waals surface area contributed by atoms with E-state index in [4.69, 9.17) is 29.9 Å². The lowest BCUT2D eigenvalue weighted by Crippen LogP contribution is -2.32. The number of ether oxygens (including phenoxy) is 2. The molecule has 0 unspecified atom stereocenters. The highest BCUT2D eigenvalue weighted by molar-refractivity contribution is 5.86. The summed E-state index contributed by atoms with van der Waals surface area (Å²) in [6.07, 6.45) is -0.228. The summed E-state index contributed by atoms with van der Waals surface area (Å²) in [4.78, 5) is 10.4. The quantitative estimate of drug-likeness (QED) is 0.340. The molecular formula is C14H28O7. The zero-order chi connectivity index (χ0) is 16.9. The van der Waals surface area contributed by atoms with E-state index in [-0.39, 0.29) is 25.4 Å². The molecule has 0 amide bonds. The maximum atomic E-state index is 10.4. The Bertz CT molecular complexity index is 264. The van der Waals surface area contributed by atoms with Crippen molar-refractivity contribution in [3.63, 3.8) is 0 Å². The Hall–Kier alpha value is -0.990. The second-order valence-electron chi connectivity index (χ2n) is 4.40. The predicted molar refractivity (Wildman–Crippen MR) is 77.8 cm³/mol. The number of aliphatic hydroxyl groups is 3. The summed E-state index contributed by atoms with van der Waals surface area (Å²) in [5.74, 6) is -1.10. The van der Waals surface area contributed by atoms with Gasteiger partial charge in [0.05, 0.1) is 25.4 Å². The van der Waals surface area contributed by atoms with Crippen LogP contribution in [-0.4, -0.2) is 65.7 Å². The number of aliphatic hydroxyl groups excluding tert-OH is 3. The van der Waals surface area contributed by atoms with Crippen LogP contribution in [0.5, 0.6) is 0 Å².